The van der Waals surface area contributed by atoms with E-state index in [0.717, 1.165) is 16.9 Å². The van der Waals surface area contributed by atoms with Crippen LogP contribution < -0.4 is 15.8 Å². The number of nitrogen functional groups attached to an aromatic ring is 1. The van der Waals surface area contributed by atoms with E-state index in [1.54, 1.807) is 25.3 Å². The number of nitriles is 1. The van der Waals surface area contributed by atoms with Gasteiger partial charge in [-0.15, -0.1) is 0 Å². The highest BCUT2D eigenvalue weighted by Gasteiger charge is 2.05. The number of anilines is 3. The van der Waals surface area contributed by atoms with Crippen LogP contribution in [0.1, 0.15) is 11.1 Å². The summed E-state index contributed by atoms with van der Waals surface area (Å²) in [6.45, 7) is 1.98. The van der Waals surface area contributed by atoms with Gasteiger partial charge in [-0.2, -0.15) is 5.26 Å². The summed E-state index contributed by atoms with van der Waals surface area (Å²) < 4.78 is 5.11. The standard InChI is InChI=1S/C15H15N3O/c1-10-3-4-11(9-16)7-15(10)18-14-6-5-12(19-2)8-13(14)17/h3-8,18H,17H2,1-2H3. The van der Waals surface area contributed by atoms with Crippen LogP contribution in [0.2, 0.25) is 0 Å². The van der Waals surface area contributed by atoms with E-state index in [1.807, 2.05) is 25.1 Å². The first-order valence-corrected chi connectivity index (χ1v) is 5.85. The Bertz CT molecular complexity index is 644. The monoisotopic (exact) mass is 253 g/mol. The van der Waals surface area contributed by atoms with Crippen molar-refractivity contribution in [3.63, 3.8) is 0 Å². The Morgan fingerprint density at radius 3 is 2.58 bits per heavy atom. The fraction of sp³-hybridized carbons (Fsp3) is 0.133. The SMILES string of the molecule is COc1ccc(Nc2cc(C#N)ccc2C)c(N)c1. The number of ether oxygens (including phenoxy) is 1. The predicted molar refractivity (Wildman–Crippen MR) is 76.6 cm³/mol. The van der Waals surface area contributed by atoms with E-state index >= 15 is 0 Å². The zero-order valence-corrected chi connectivity index (χ0v) is 10.9. The van der Waals surface area contributed by atoms with E-state index in [0.29, 0.717) is 17.0 Å². The maximum atomic E-state index is 8.92. The molecule has 0 fully saturated rings. The maximum Gasteiger partial charge on any atom is 0.121 e. The molecule has 2 aromatic carbocycles. The van der Waals surface area contributed by atoms with Gasteiger partial charge in [0, 0.05) is 11.8 Å². The van der Waals surface area contributed by atoms with Gasteiger partial charge < -0.3 is 15.8 Å². The molecule has 19 heavy (non-hydrogen) atoms. The summed E-state index contributed by atoms with van der Waals surface area (Å²) in [6.07, 6.45) is 0. The van der Waals surface area contributed by atoms with Crippen LogP contribution >= 0.6 is 0 Å². The molecule has 2 aromatic rings. The molecule has 0 saturated heterocycles. The number of nitrogens with zero attached hydrogens (tertiary/aromatic N) is 1. The van der Waals surface area contributed by atoms with E-state index in [9.17, 15) is 0 Å². The summed E-state index contributed by atoms with van der Waals surface area (Å²) in [7, 11) is 1.60. The average molecular weight is 253 g/mol. The highest BCUT2D eigenvalue weighted by molar-refractivity contribution is 5.75. The van der Waals surface area contributed by atoms with E-state index in [-0.39, 0.29) is 0 Å². The Hall–Kier alpha value is -2.67. The summed E-state index contributed by atoms with van der Waals surface area (Å²) in [6, 6.07) is 13.1. The van der Waals surface area contributed by atoms with Crippen LogP contribution in [0.5, 0.6) is 5.75 Å². The lowest BCUT2D eigenvalue weighted by Gasteiger charge is -2.13. The maximum absolute atomic E-state index is 8.92. The molecule has 2 rings (SSSR count). The number of benzene rings is 2. The van der Waals surface area contributed by atoms with E-state index < -0.39 is 0 Å². The number of hydrogen-bond acceptors (Lipinski definition) is 4. The summed E-state index contributed by atoms with van der Waals surface area (Å²) in [5, 5.41) is 12.2. The lowest BCUT2D eigenvalue weighted by Crippen LogP contribution is -1.99. The predicted octanol–water partition coefficient (Wildman–Crippen LogP) is 3.20. The van der Waals surface area contributed by atoms with Gasteiger partial charge in [0.2, 0.25) is 0 Å². The van der Waals surface area contributed by atoms with Gasteiger partial charge in [-0.05, 0) is 36.8 Å². The second-order valence-corrected chi connectivity index (χ2v) is 4.22. The van der Waals surface area contributed by atoms with Crippen molar-refractivity contribution < 1.29 is 4.74 Å². The van der Waals surface area contributed by atoms with Crippen LogP contribution in [0.3, 0.4) is 0 Å². The van der Waals surface area contributed by atoms with Gasteiger partial charge in [-0.1, -0.05) is 6.07 Å². The number of rotatable bonds is 3. The van der Waals surface area contributed by atoms with Gasteiger partial charge in [-0.3, -0.25) is 0 Å². The van der Waals surface area contributed by atoms with Crippen molar-refractivity contribution in [3.05, 3.63) is 47.5 Å². The Balaban J connectivity index is 2.33. The van der Waals surface area contributed by atoms with Gasteiger partial charge in [0.05, 0.1) is 30.1 Å². The first-order valence-electron chi connectivity index (χ1n) is 5.85. The zero-order chi connectivity index (χ0) is 13.8. The summed E-state index contributed by atoms with van der Waals surface area (Å²) in [5.74, 6) is 0.713. The van der Waals surface area contributed by atoms with Crippen molar-refractivity contribution in [1.29, 1.82) is 5.26 Å². The van der Waals surface area contributed by atoms with E-state index in [1.165, 1.54) is 0 Å². The third kappa shape index (κ3) is 2.78. The fourth-order valence-corrected chi connectivity index (χ4v) is 1.75. The first kappa shape index (κ1) is 12.8. The number of hydrogen-bond donors (Lipinski definition) is 2. The lowest BCUT2D eigenvalue weighted by molar-refractivity contribution is 0.415. The molecule has 96 valence electrons. The molecule has 0 aromatic heterocycles. The van der Waals surface area contributed by atoms with Gasteiger partial charge in [0.1, 0.15) is 5.75 Å². The van der Waals surface area contributed by atoms with Crippen LogP contribution in [0, 0.1) is 18.3 Å². The molecule has 0 saturated carbocycles. The molecule has 0 atom stereocenters. The Labute approximate surface area is 112 Å². The molecular weight excluding hydrogens is 238 g/mol. The minimum atomic E-state index is 0.598. The van der Waals surface area contributed by atoms with Crippen molar-refractivity contribution in [2.24, 2.45) is 0 Å². The zero-order valence-electron chi connectivity index (χ0n) is 10.9. The lowest BCUT2D eigenvalue weighted by atomic mass is 10.1. The molecule has 4 nitrogen and oxygen atoms in total. The fourth-order valence-electron chi connectivity index (χ4n) is 1.75. The normalized spacial score (nSPS) is 9.74. The van der Waals surface area contributed by atoms with Crippen LogP contribution in [-0.4, -0.2) is 7.11 Å². The molecule has 0 amide bonds. The van der Waals surface area contributed by atoms with Crippen LogP contribution in [0.25, 0.3) is 0 Å². The molecule has 0 unspecified atom stereocenters. The third-order valence-electron chi connectivity index (χ3n) is 2.89. The molecule has 4 heteroatoms. The van der Waals surface area contributed by atoms with E-state index in [4.69, 9.17) is 15.7 Å². The second-order valence-electron chi connectivity index (χ2n) is 4.22. The molecule has 0 bridgehead atoms. The number of methoxy groups -OCH3 is 1. The second kappa shape index (κ2) is 5.32. The highest BCUT2D eigenvalue weighted by atomic mass is 16.5. The van der Waals surface area contributed by atoms with Crippen molar-refractivity contribution >= 4 is 17.1 Å². The Morgan fingerprint density at radius 2 is 1.95 bits per heavy atom. The van der Waals surface area contributed by atoms with Gasteiger partial charge in [0.25, 0.3) is 0 Å². The van der Waals surface area contributed by atoms with Crippen molar-refractivity contribution in [3.8, 4) is 11.8 Å². The number of nitrogens with two attached hydrogens (primary N) is 1. The Kier molecular flexibility index (Phi) is 3.58. The minimum absolute atomic E-state index is 0.598. The van der Waals surface area contributed by atoms with Crippen molar-refractivity contribution in [1.82, 2.24) is 0 Å². The molecule has 0 radical (unpaired) electrons. The molecular formula is C15H15N3O. The smallest absolute Gasteiger partial charge is 0.121 e. The van der Waals surface area contributed by atoms with Gasteiger partial charge in [-0.25, -0.2) is 0 Å². The van der Waals surface area contributed by atoms with Gasteiger partial charge >= 0.3 is 0 Å². The molecule has 3 N–H and O–H groups in total. The van der Waals surface area contributed by atoms with E-state index in [2.05, 4.69) is 11.4 Å². The van der Waals surface area contributed by atoms with Crippen LogP contribution in [0.15, 0.2) is 36.4 Å². The minimum Gasteiger partial charge on any atom is -0.497 e. The topological polar surface area (TPSA) is 71.1 Å². The molecule has 0 aliphatic carbocycles. The number of nitrogens with one attached hydrogen (secondary N) is 1. The quantitative estimate of drug-likeness (QED) is 0.824. The molecule has 0 spiro atoms. The van der Waals surface area contributed by atoms with Crippen molar-refractivity contribution in [2.75, 3.05) is 18.2 Å². The summed E-state index contributed by atoms with van der Waals surface area (Å²) in [4.78, 5) is 0. The number of aryl methyl sites for hydroxylation is 1. The molecule has 0 heterocycles. The van der Waals surface area contributed by atoms with Crippen LogP contribution in [0.4, 0.5) is 17.1 Å². The third-order valence-corrected chi connectivity index (χ3v) is 2.89. The average Bonchev–Trinajstić information content (AvgIpc) is 2.43. The van der Waals surface area contributed by atoms with Crippen LogP contribution in [-0.2, 0) is 0 Å². The Morgan fingerprint density at radius 1 is 1.16 bits per heavy atom. The molecule has 0 aliphatic heterocycles. The largest absolute Gasteiger partial charge is 0.497 e. The summed E-state index contributed by atoms with van der Waals surface area (Å²) in [5.41, 5.74) is 9.88. The first-order chi connectivity index (χ1) is 9.13. The molecule has 0 aliphatic rings. The van der Waals surface area contributed by atoms with Crippen molar-refractivity contribution in [2.45, 2.75) is 6.92 Å². The summed E-state index contributed by atoms with van der Waals surface area (Å²) >= 11 is 0. The highest BCUT2D eigenvalue weighted by Crippen LogP contribution is 2.28. The van der Waals surface area contributed by atoms with Gasteiger partial charge in [0.15, 0.2) is 0 Å².